The minimum absolute atomic E-state index is 0.0209. The maximum Gasteiger partial charge on any atom is 0.291 e. The van der Waals surface area contributed by atoms with Crippen molar-refractivity contribution in [1.82, 2.24) is 14.6 Å². The number of non-ortho nitro benzene ring substituents is 1. The van der Waals surface area contributed by atoms with Crippen LogP contribution >= 0.6 is 11.3 Å². The number of nitro benzene ring substituents is 1. The molecule has 2 aromatic carbocycles. The molecule has 0 aliphatic carbocycles. The van der Waals surface area contributed by atoms with Crippen LogP contribution in [-0.2, 0) is 0 Å². The summed E-state index contributed by atoms with van der Waals surface area (Å²) in [5.74, 6) is 0.499. The van der Waals surface area contributed by atoms with Crippen molar-refractivity contribution in [1.29, 1.82) is 0 Å². The zero-order valence-electron chi connectivity index (χ0n) is 13.6. The highest BCUT2D eigenvalue weighted by Gasteiger charge is 2.12. The largest absolute Gasteiger partial charge is 0.291 e. The average Bonchev–Trinajstić information content (AvgIpc) is 3.15. The number of hydrogen-bond donors (Lipinski definition) is 0. The molecule has 2 aromatic heterocycles. The minimum atomic E-state index is -0.466. The second-order valence-electron chi connectivity index (χ2n) is 5.77. The summed E-state index contributed by atoms with van der Waals surface area (Å²) in [6, 6.07) is 13.9. The number of nitrogens with zero attached hydrogens (tertiary/aromatic N) is 4. The van der Waals surface area contributed by atoms with Crippen molar-refractivity contribution in [3.8, 4) is 11.4 Å². The third-order valence-corrected chi connectivity index (χ3v) is 4.80. The van der Waals surface area contributed by atoms with Crippen LogP contribution < -0.4 is 10.1 Å². The molecule has 0 fully saturated rings. The summed E-state index contributed by atoms with van der Waals surface area (Å²) in [5.41, 5.74) is 2.21. The third kappa shape index (κ3) is 2.86. The number of fused-ring (bicyclic) bond motifs is 1. The molecule has 0 unspecified atom stereocenters. The fourth-order valence-electron chi connectivity index (χ4n) is 2.62. The van der Waals surface area contributed by atoms with E-state index in [1.807, 2.05) is 31.2 Å². The number of benzene rings is 2. The molecule has 0 aliphatic heterocycles. The fraction of sp³-hybridized carbons (Fsp3) is 0.0556. The first-order valence-corrected chi connectivity index (χ1v) is 8.56. The molecule has 0 amide bonds. The molecule has 2 heterocycles. The van der Waals surface area contributed by atoms with E-state index in [1.54, 1.807) is 18.2 Å². The van der Waals surface area contributed by atoms with Gasteiger partial charge in [-0.15, -0.1) is 5.10 Å². The summed E-state index contributed by atoms with van der Waals surface area (Å²) in [6.45, 7) is 1.98. The lowest BCUT2D eigenvalue weighted by molar-refractivity contribution is -0.384. The Morgan fingerprint density at radius 3 is 2.73 bits per heavy atom. The van der Waals surface area contributed by atoms with Crippen LogP contribution in [0, 0.1) is 17.0 Å². The van der Waals surface area contributed by atoms with Crippen molar-refractivity contribution in [2.75, 3.05) is 0 Å². The van der Waals surface area contributed by atoms with Crippen molar-refractivity contribution in [2.24, 2.45) is 0 Å². The highest BCUT2D eigenvalue weighted by Crippen LogP contribution is 2.18. The Bertz CT molecular complexity index is 1260. The van der Waals surface area contributed by atoms with E-state index in [4.69, 9.17) is 0 Å². The Morgan fingerprint density at radius 1 is 1.19 bits per heavy atom. The van der Waals surface area contributed by atoms with Gasteiger partial charge in [0.1, 0.15) is 0 Å². The number of hydrogen-bond acceptors (Lipinski definition) is 6. The van der Waals surface area contributed by atoms with Crippen LogP contribution in [0.3, 0.4) is 0 Å². The lowest BCUT2D eigenvalue weighted by Gasteiger charge is -1.95. The Kier molecular flexibility index (Phi) is 3.81. The summed E-state index contributed by atoms with van der Waals surface area (Å²) in [4.78, 5) is 27.9. The third-order valence-electron chi connectivity index (χ3n) is 3.84. The van der Waals surface area contributed by atoms with Crippen LogP contribution in [0.5, 0.6) is 0 Å². The second-order valence-corrected chi connectivity index (χ2v) is 6.78. The van der Waals surface area contributed by atoms with Gasteiger partial charge >= 0.3 is 0 Å². The van der Waals surface area contributed by atoms with Crippen molar-refractivity contribution >= 4 is 28.1 Å². The topological polar surface area (TPSA) is 90.4 Å². The lowest BCUT2D eigenvalue weighted by atomic mass is 10.1. The molecule has 7 nitrogen and oxygen atoms in total. The first-order chi connectivity index (χ1) is 12.5. The molecule has 0 saturated carbocycles. The highest BCUT2D eigenvalue weighted by atomic mass is 32.1. The summed E-state index contributed by atoms with van der Waals surface area (Å²) in [7, 11) is 0. The molecule has 0 bridgehead atoms. The first kappa shape index (κ1) is 16.1. The standard InChI is InChI=1S/C18H12N4O3S/c1-11-4-2-6-13(8-11)16-19-18-21(20-16)17(23)15(26-18)10-12-5-3-7-14(9-12)22(24)25/h2-10H,1H3/b15-10+. The van der Waals surface area contributed by atoms with Gasteiger partial charge in [-0.3, -0.25) is 14.9 Å². The van der Waals surface area contributed by atoms with Crippen molar-refractivity contribution in [3.63, 3.8) is 0 Å². The van der Waals surface area contributed by atoms with Gasteiger partial charge in [0.05, 0.1) is 9.46 Å². The average molecular weight is 364 g/mol. The van der Waals surface area contributed by atoms with E-state index in [0.717, 1.165) is 11.1 Å². The van der Waals surface area contributed by atoms with Gasteiger partial charge in [0, 0.05) is 17.7 Å². The summed E-state index contributed by atoms with van der Waals surface area (Å²) >= 11 is 1.20. The summed E-state index contributed by atoms with van der Waals surface area (Å²) in [6.07, 6.45) is 1.61. The Labute approximate surface area is 151 Å². The van der Waals surface area contributed by atoms with E-state index in [9.17, 15) is 14.9 Å². The number of nitro groups is 1. The van der Waals surface area contributed by atoms with E-state index in [0.29, 0.717) is 20.9 Å². The molecule has 0 saturated heterocycles. The van der Waals surface area contributed by atoms with Crippen molar-refractivity contribution in [3.05, 3.63) is 84.7 Å². The Balaban J connectivity index is 1.80. The van der Waals surface area contributed by atoms with Crippen LogP contribution in [-0.4, -0.2) is 19.5 Å². The number of aryl methyl sites for hydroxylation is 1. The monoisotopic (exact) mass is 364 g/mol. The molecule has 26 heavy (non-hydrogen) atoms. The molecule has 0 N–H and O–H groups in total. The van der Waals surface area contributed by atoms with E-state index in [1.165, 1.54) is 28.0 Å². The minimum Gasteiger partial charge on any atom is -0.266 e. The Hall–Kier alpha value is -3.39. The van der Waals surface area contributed by atoms with Gasteiger partial charge in [0.2, 0.25) is 4.96 Å². The molecule has 128 valence electrons. The van der Waals surface area contributed by atoms with E-state index >= 15 is 0 Å². The molecule has 0 spiro atoms. The predicted molar refractivity (Wildman–Crippen MR) is 99.2 cm³/mol. The number of aromatic nitrogens is 3. The second kappa shape index (κ2) is 6.16. The molecular formula is C18H12N4O3S. The van der Waals surface area contributed by atoms with Gasteiger partial charge in [-0.25, -0.2) is 0 Å². The molecule has 0 aliphatic rings. The zero-order chi connectivity index (χ0) is 18.3. The fourth-order valence-corrected chi connectivity index (χ4v) is 3.53. The van der Waals surface area contributed by atoms with Gasteiger partial charge in [0.15, 0.2) is 5.82 Å². The molecule has 0 radical (unpaired) electrons. The van der Waals surface area contributed by atoms with Gasteiger partial charge < -0.3 is 0 Å². The molecule has 0 atom stereocenters. The van der Waals surface area contributed by atoms with Crippen LogP contribution in [0.25, 0.3) is 22.4 Å². The van der Waals surface area contributed by atoms with E-state index in [2.05, 4.69) is 10.1 Å². The summed E-state index contributed by atoms with van der Waals surface area (Å²) < 4.78 is 1.70. The highest BCUT2D eigenvalue weighted by molar-refractivity contribution is 7.15. The summed E-state index contributed by atoms with van der Waals surface area (Å²) in [5, 5.41) is 15.2. The lowest BCUT2D eigenvalue weighted by Crippen LogP contribution is -2.23. The molecule has 4 aromatic rings. The molecular weight excluding hydrogens is 352 g/mol. The van der Waals surface area contributed by atoms with Gasteiger partial charge in [-0.2, -0.15) is 9.50 Å². The van der Waals surface area contributed by atoms with Gasteiger partial charge in [-0.05, 0) is 24.6 Å². The van der Waals surface area contributed by atoms with E-state index in [-0.39, 0.29) is 11.2 Å². The number of rotatable bonds is 3. The maximum atomic E-state index is 12.6. The quantitative estimate of drug-likeness (QED) is 0.412. The zero-order valence-corrected chi connectivity index (χ0v) is 14.4. The molecule has 4 rings (SSSR count). The van der Waals surface area contributed by atoms with E-state index < -0.39 is 4.92 Å². The first-order valence-electron chi connectivity index (χ1n) is 7.74. The van der Waals surface area contributed by atoms with Crippen LogP contribution in [0.4, 0.5) is 5.69 Å². The van der Waals surface area contributed by atoms with Crippen molar-refractivity contribution in [2.45, 2.75) is 6.92 Å². The predicted octanol–water partition coefficient (Wildman–Crippen LogP) is 2.58. The smallest absolute Gasteiger partial charge is 0.266 e. The van der Waals surface area contributed by atoms with Crippen LogP contribution in [0.15, 0.2) is 53.3 Å². The van der Waals surface area contributed by atoms with Crippen LogP contribution in [0.1, 0.15) is 11.1 Å². The number of thiazole rings is 1. The normalized spacial score (nSPS) is 12.0. The molecule has 8 heteroatoms. The SMILES string of the molecule is Cc1cccc(-c2nc3s/c(=C/c4cccc([N+](=O)[O-])c4)c(=O)n3n2)c1. The van der Waals surface area contributed by atoms with Crippen LogP contribution in [0.2, 0.25) is 0 Å². The van der Waals surface area contributed by atoms with Gasteiger partial charge in [0.25, 0.3) is 11.2 Å². The van der Waals surface area contributed by atoms with Crippen molar-refractivity contribution < 1.29 is 4.92 Å². The maximum absolute atomic E-state index is 12.6. The van der Waals surface area contributed by atoms with Gasteiger partial charge in [-0.1, -0.05) is 47.2 Å². The Morgan fingerprint density at radius 2 is 2.00 bits per heavy atom.